The van der Waals surface area contributed by atoms with Gasteiger partial charge in [-0.15, -0.1) is 11.3 Å². The van der Waals surface area contributed by atoms with Crippen LogP contribution in [-0.2, 0) is 16.0 Å². The van der Waals surface area contributed by atoms with Gasteiger partial charge in [0.05, 0.1) is 10.7 Å². The lowest BCUT2D eigenvalue weighted by atomic mass is 9.97. The van der Waals surface area contributed by atoms with E-state index in [0.717, 1.165) is 55.9 Å². The van der Waals surface area contributed by atoms with Gasteiger partial charge in [0.2, 0.25) is 11.8 Å². The van der Waals surface area contributed by atoms with Gasteiger partial charge in [0.1, 0.15) is 0 Å². The second-order valence-electron chi connectivity index (χ2n) is 7.77. The van der Waals surface area contributed by atoms with E-state index in [0.29, 0.717) is 24.8 Å². The van der Waals surface area contributed by atoms with Gasteiger partial charge in [-0.3, -0.25) is 9.59 Å². The van der Waals surface area contributed by atoms with Gasteiger partial charge in [0.15, 0.2) is 0 Å². The second kappa shape index (κ2) is 8.30. The minimum atomic E-state index is 0.196. The Morgan fingerprint density at radius 3 is 2.88 bits per heavy atom. The third-order valence-corrected chi connectivity index (χ3v) is 5.96. The minimum absolute atomic E-state index is 0.196. The Bertz CT molecular complexity index is 610. The lowest BCUT2D eigenvalue weighted by Crippen LogP contribution is -2.39. The normalized spacial score (nSPS) is 20.8. The maximum atomic E-state index is 12.3. The van der Waals surface area contributed by atoms with E-state index in [2.05, 4.69) is 24.5 Å². The average molecular weight is 364 g/mol. The fourth-order valence-electron chi connectivity index (χ4n) is 3.31. The van der Waals surface area contributed by atoms with E-state index >= 15 is 0 Å². The summed E-state index contributed by atoms with van der Waals surface area (Å²) in [7, 11) is 0. The SMILES string of the molecule is CC(C)CC(=O)N1CCC[C@@H](c2nc(CCNC(=O)C3CC3)cs2)C1. The van der Waals surface area contributed by atoms with Crippen LogP contribution in [0.2, 0.25) is 0 Å². The number of thiazole rings is 1. The topological polar surface area (TPSA) is 62.3 Å². The van der Waals surface area contributed by atoms with Crippen molar-refractivity contribution in [3.8, 4) is 0 Å². The van der Waals surface area contributed by atoms with Crippen molar-refractivity contribution in [2.24, 2.45) is 11.8 Å². The summed E-state index contributed by atoms with van der Waals surface area (Å²) in [4.78, 5) is 30.8. The van der Waals surface area contributed by atoms with Crippen molar-refractivity contribution in [2.45, 2.75) is 58.3 Å². The molecule has 0 spiro atoms. The molecule has 2 heterocycles. The number of aromatic nitrogens is 1. The highest BCUT2D eigenvalue weighted by Crippen LogP contribution is 2.30. The summed E-state index contributed by atoms with van der Waals surface area (Å²) >= 11 is 1.70. The molecule has 1 aliphatic heterocycles. The minimum Gasteiger partial charge on any atom is -0.355 e. The third kappa shape index (κ3) is 5.27. The van der Waals surface area contributed by atoms with E-state index in [9.17, 15) is 9.59 Å². The summed E-state index contributed by atoms with van der Waals surface area (Å²) in [6.07, 6.45) is 5.67. The van der Waals surface area contributed by atoms with Crippen molar-refractivity contribution in [3.63, 3.8) is 0 Å². The molecule has 1 atom stereocenters. The summed E-state index contributed by atoms with van der Waals surface area (Å²) in [5, 5.41) is 6.24. The number of nitrogens with one attached hydrogen (secondary N) is 1. The predicted molar refractivity (Wildman–Crippen MR) is 99.6 cm³/mol. The van der Waals surface area contributed by atoms with Crippen LogP contribution in [0.15, 0.2) is 5.38 Å². The Labute approximate surface area is 154 Å². The molecule has 3 rings (SSSR count). The maximum Gasteiger partial charge on any atom is 0.223 e. The van der Waals surface area contributed by atoms with Crippen molar-refractivity contribution in [3.05, 3.63) is 16.1 Å². The number of carbonyl (C=O) groups excluding carboxylic acids is 2. The van der Waals surface area contributed by atoms with E-state index in [1.807, 2.05) is 4.90 Å². The van der Waals surface area contributed by atoms with Gasteiger partial charge in [0, 0.05) is 49.7 Å². The Hall–Kier alpha value is -1.43. The lowest BCUT2D eigenvalue weighted by Gasteiger charge is -2.32. The number of piperidine rings is 1. The van der Waals surface area contributed by atoms with Crippen molar-refractivity contribution < 1.29 is 9.59 Å². The van der Waals surface area contributed by atoms with Crippen molar-refractivity contribution >= 4 is 23.2 Å². The highest BCUT2D eigenvalue weighted by Gasteiger charge is 2.29. The average Bonchev–Trinajstić information content (AvgIpc) is 3.33. The summed E-state index contributed by atoms with van der Waals surface area (Å²) in [6, 6.07) is 0. The Balaban J connectivity index is 1.48. The predicted octanol–water partition coefficient (Wildman–Crippen LogP) is 2.96. The zero-order valence-electron chi connectivity index (χ0n) is 15.3. The van der Waals surface area contributed by atoms with Gasteiger partial charge >= 0.3 is 0 Å². The van der Waals surface area contributed by atoms with Crippen LogP contribution >= 0.6 is 11.3 Å². The molecule has 0 unspecified atom stereocenters. The molecular weight excluding hydrogens is 334 g/mol. The van der Waals surface area contributed by atoms with Crippen LogP contribution in [0.25, 0.3) is 0 Å². The quantitative estimate of drug-likeness (QED) is 0.810. The molecule has 1 saturated carbocycles. The van der Waals surface area contributed by atoms with Crippen LogP contribution in [0.3, 0.4) is 0 Å². The molecule has 2 aliphatic rings. The molecule has 6 heteroatoms. The monoisotopic (exact) mass is 363 g/mol. The highest BCUT2D eigenvalue weighted by molar-refractivity contribution is 7.09. The van der Waals surface area contributed by atoms with Gasteiger partial charge in [-0.05, 0) is 31.6 Å². The van der Waals surface area contributed by atoms with Crippen molar-refractivity contribution in [2.75, 3.05) is 19.6 Å². The molecule has 2 fully saturated rings. The van der Waals surface area contributed by atoms with Crippen LogP contribution < -0.4 is 5.32 Å². The van der Waals surface area contributed by atoms with E-state index in [-0.39, 0.29) is 17.7 Å². The van der Waals surface area contributed by atoms with Crippen molar-refractivity contribution in [1.29, 1.82) is 0 Å². The molecule has 1 saturated heterocycles. The van der Waals surface area contributed by atoms with E-state index < -0.39 is 0 Å². The summed E-state index contributed by atoms with van der Waals surface area (Å²) in [5.74, 6) is 1.51. The largest absolute Gasteiger partial charge is 0.355 e. The molecule has 0 radical (unpaired) electrons. The smallest absolute Gasteiger partial charge is 0.223 e. The summed E-state index contributed by atoms with van der Waals surface area (Å²) in [6.45, 7) is 6.54. The molecular formula is C19H29N3O2S. The first kappa shape index (κ1) is 18.4. The van der Waals surface area contributed by atoms with Crippen molar-refractivity contribution in [1.82, 2.24) is 15.2 Å². The fraction of sp³-hybridized carbons (Fsp3) is 0.737. The first-order valence-electron chi connectivity index (χ1n) is 9.52. The van der Waals surface area contributed by atoms with Gasteiger partial charge in [-0.1, -0.05) is 13.8 Å². The van der Waals surface area contributed by atoms with E-state index in [1.165, 1.54) is 0 Å². The van der Waals surface area contributed by atoms with Gasteiger partial charge < -0.3 is 10.2 Å². The molecule has 25 heavy (non-hydrogen) atoms. The van der Waals surface area contributed by atoms with Gasteiger partial charge in [-0.2, -0.15) is 0 Å². The first-order chi connectivity index (χ1) is 12.0. The fourth-order valence-corrected chi connectivity index (χ4v) is 4.29. The molecule has 138 valence electrons. The molecule has 2 amide bonds. The van der Waals surface area contributed by atoms with Crippen LogP contribution in [0, 0.1) is 11.8 Å². The number of rotatable bonds is 7. The molecule has 0 bridgehead atoms. The first-order valence-corrected chi connectivity index (χ1v) is 10.4. The van der Waals surface area contributed by atoms with Crippen LogP contribution in [0.1, 0.15) is 62.6 Å². The molecule has 0 aromatic carbocycles. The Morgan fingerprint density at radius 2 is 2.16 bits per heavy atom. The number of carbonyl (C=O) groups is 2. The molecule has 1 aromatic heterocycles. The number of hydrogen-bond acceptors (Lipinski definition) is 4. The Morgan fingerprint density at radius 1 is 1.36 bits per heavy atom. The molecule has 1 N–H and O–H groups in total. The zero-order valence-corrected chi connectivity index (χ0v) is 16.1. The van der Waals surface area contributed by atoms with Crippen LogP contribution in [-0.4, -0.2) is 41.3 Å². The standard InChI is InChI=1S/C19H29N3O2S/c1-13(2)10-17(23)22-9-3-4-15(11-22)19-21-16(12-25-19)7-8-20-18(24)14-5-6-14/h12-15H,3-11H2,1-2H3,(H,20,24)/t15-/m1/s1. The van der Waals surface area contributed by atoms with E-state index in [4.69, 9.17) is 4.98 Å². The second-order valence-corrected chi connectivity index (χ2v) is 8.66. The highest BCUT2D eigenvalue weighted by atomic mass is 32.1. The molecule has 1 aliphatic carbocycles. The number of likely N-dealkylation sites (tertiary alicyclic amines) is 1. The number of hydrogen-bond donors (Lipinski definition) is 1. The molecule has 1 aromatic rings. The maximum absolute atomic E-state index is 12.3. The van der Waals surface area contributed by atoms with Gasteiger partial charge in [0.25, 0.3) is 0 Å². The lowest BCUT2D eigenvalue weighted by molar-refractivity contribution is -0.133. The number of amides is 2. The summed E-state index contributed by atoms with van der Waals surface area (Å²) in [5.41, 5.74) is 1.06. The van der Waals surface area contributed by atoms with E-state index in [1.54, 1.807) is 11.3 Å². The zero-order chi connectivity index (χ0) is 17.8. The number of nitrogens with zero attached hydrogens (tertiary/aromatic N) is 2. The Kier molecular flexibility index (Phi) is 6.10. The third-order valence-electron chi connectivity index (χ3n) is 4.90. The van der Waals surface area contributed by atoms with Gasteiger partial charge in [-0.25, -0.2) is 4.98 Å². The summed E-state index contributed by atoms with van der Waals surface area (Å²) < 4.78 is 0. The van der Waals surface area contributed by atoms with Crippen LogP contribution in [0.4, 0.5) is 0 Å². The van der Waals surface area contributed by atoms with Crippen LogP contribution in [0.5, 0.6) is 0 Å². The molecule has 5 nitrogen and oxygen atoms in total.